The summed E-state index contributed by atoms with van der Waals surface area (Å²) in [6, 6.07) is 10.5. The zero-order chi connectivity index (χ0) is 18.1. The fourth-order valence-corrected chi connectivity index (χ4v) is 4.24. The summed E-state index contributed by atoms with van der Waals surface area (Å²) in [4.78, 5) is 19.2. The summed E-state index contributed by atoms with van der Waals surface area (Å²) in [6.45, 7) is 7.92. The molecule has 0 saturated carbocycles. The van der Waals surface area contributed by atoms with E-state index in [1.807, 2.05) is 43.9 Å². The number of pyridine rings is 1. The van der Waals surface area contributed by atoms with Gasteiger partial charge in [-0.05, 0) is 56.9 Å². The van der Waals surface area contributed by atoms with Gasteiger partial charge in [-0.1, -0.05) is 30.0 Å². The SMILES string of the molecule is Cc1nc(SCC(=O)N2c3ccccc3CC2C)c(C#N)c(C)c1C. The van der Waals surface area contributed by atoms with E-state index in [4.69, 9.17) is 0 Å². The van der Waals surface area contributed by atoms with Crippen molar-refractivity contribution < 1.29 is 4.79 Å². The van der Waals surface area contributed by atoms with Gasteiger partial charge in [-0.25, -0.2) is 4.98 Å². The molecule has 0 fully saturated rings. The number of fused-ring (bicyclic) bond motifs is 1. The Morgan fingerprint density at radius 3 is 2.76 bits per heavy atom. The van der Waals surface area contributed by atoms with Crippen LogP contribution >= 0.6 is 11.8 Å². The maximum absolute atomic E-state index is 12.8. The number of nitrogens with zero attached hydrogens (tertiary/aromatic N) is 3. The van der Waals surface area contributed by atoms with Crippen LogP contribution in [0.2, 0.25) is 0 Å². The number of aryl methyl sites for hydroxylation is 1. The van der Waals surface area contributed by atoms with E-state index in [2.05, 4.69) is 24.0 Å². The van der Waals surface area contributed by atoms with Crippen molar-refractivity contribution in [1.29, 1.82) is 5.26 Å². The van der Waals surface area contributed by atoms with Gasteiger partial charge in [0.1, 0.15) is 11.1 Å². The van der Waals surface area contributed by atoms with Crippen molar-refractivity contribution in [1.82, 2.24) is 4.98 Å². The molecule has 0 radical (unpaired) electrons. The van der Waals surface area contributed by atoms with Gasteiger partial charge in [-0.15, -0.1) is 0 Å². The Labute approximate surface area is 152 Å². The molecule has 3 rings (SSSR count). The van der Waals surface area contributed by atoms with Crippen molar-refractivity contribution in [2.24, 2.45) is 0 Å². The molecule has 0 saturated heterocycles. The topological polar surface area (TPSA) is 57.0 Å². The van der Waals surface area contributed by atoms with E-state index >= 15 is 0 Å². The Balaban J connectivity index is 1.81. The first-order chi connectivity index (χ1) is 11.9. The lowest BCUT2D eigenvalue weighted by Crippen LogP contribution is -2.37. The van der Waals surface area contributed by atoms with Gasteiger partial charge < -0.3 is 4.90 Å². The van der Waals surface area contributed by atoms with E-state index in [0.29, 0.717) is 10.6 Å². The summed E-state index contributed by atoms with van der Waals surface area (Å²) >= 11 is 1.36. The number of carbonyl (C=O) groups excluding carboxylic acids is 1. The minimum atomic E-state index is 0.0593. The Bertz CT molecular complexity index is 885. The van der Waals surface area contributed by atoms with E-state index in [1.165, 1.54) is 17.3 Å². The number of anilines is 1. The number of hydrogen-bond donors (Lipinski definition) is 0. The fourth-order valence-electron chi connectivity index (χ4n) is 3.29. The van der Waals surface area contributed by atoms with Crippen molar-refractivity contribution in [3.05, 3.63) is 52.2 Å². The molecule has 1 amide bonds. The minimum Gasteiger partial charge on any atom is -0.308 e. The second kappa shape index (κ2) is 6.89. The van der Waals surface area contributed by atoms with Gasteiger partial charge in [0.15, 0.2) is 0 Å². The molecule has 2 aromatic rings. The summed E-state index contributed by atoms with van der Waals surface area (Å²) < 4.78 is 0. The average molecular weight is 351 g/mol. The number of thioether (sulfide) groups is 1. The van der Waals surface area contributed by atoms with Crippen LogP contribution < -0.4 is 4.90 Å². The molecule has 1 aliphatic heterocycles. The van der Waals surface area contributed by atoms with E-state index < -0.39 is 0 Å². The summed E-state index contributed by atoms with van der Waals surface area (Å²) in [5.41, 5.74) is 5.69. The maximum atomic E-state index is 12.8. The summed E-state index contributed by atoms with van der Waals surface area (Å²) in [6.07, 6.45) is 0.886. The largest absolute Gasteiger partial charge is 0.308 e. The van der Waals surface area contributed by atoms with Crippen molar-refractivity contribution in [2.75, 3.05) is 10.7 Å². The minimum absolute atomic E-state index is 0.0593. The maximum Gasteiger partial charge on any atom is 0.237 e. The molecule has 1 unspecified atom stereocenters. The molecule has 1 aromatic carbocycles. The number of benzene rings is 1. The number of amides is 1. The summed E-state index contributed by atoms with van der Waals surface area (Å²) in [5.74, 6) is 0.339. The molecular weight excluding hydrogens is 330 g/mol. The lowest BCUT2D eigenvalue weighted by molar-refractivity contribution is -0.116. The lowest BCUT2D eigenvalue weighted by Gasteiger charge is -2.22. The highest BCUT2D eigenvalue weighted by Gasteiger charge is 2.30. The first-order valence-corrected chi connectivity index (χ1v) is 9.33. The van der Waals surface area contributed by atoms with Crippen LogP contribution in [-0.2, 0) is 11.2 Å². The van der Waals surface area contributed by atoms with Gasteiger partial charge in [0.25, 0.3) is 0 Å². The third-order valence-corrected chi connectivity index (χ3v) is 5.84. The zero-order valence-electron chi connectivity index (χ0n) is 15.0. The molecular formula is C20H21N3OS. The number of aromatic nitrogens is 1. The molecule has 4 nitrogen and oxygen atoms in total. The Morgan fingerprint density at radius 2 is 2.04 bits per heavy atom. The Hall–Kier alpha value is -2.32. The number of para-hydroxylation sites is 1. The predicted molar refractivity (Wildman–Crippen MR) is 101 cm³/mol. The molecule has 1 aromatic heterocycles. The van der Waals surface area contributed by atoms with Gasteiger partial charge in [0, 0.05) is 17.4 Å². The van der Waals surface area contributed by atoms with Crippen LogP contribution in [0.1, 0.15) is 34.9 Å². The van der Waals surface area contributed by atoms with Gasteiger partial charge in [-0.3, -0.25) is 4.79 Å². The average Bonchev–Trinajstić information content (AvgIpc) is 2.93. The first-order valence-electron chi connectivity index (χ1n) is 8.34. The normalized spacial score (nSPS) is 15.8. The fraction of sp³-hybridized carbons (Fsp3) is 0.350. The number of nitriles is 1. The second-order valence-electron chi connectivity index (χ2n) is 6.47. The summed E-state index contributed by atoms with van der Waals surface area (Å²) in [5, 5.41) is 10.1. The lowest BCUT2D eigenvalue weighted by atomic mass is 10.1. The summed E-state index contributed by atoms with van der Waals surface area (Å²) in [7, 11) is 0. The highest BCUT2D eigenvalue weighted by atomic mass is 32.2. The molecule has 0 N–H and O–H groups in total. The quantitative estimate of drug-likeness (QED) is 0.786. The smallest absolute Gasteiger partial charge is 0.237 e. The zero-order valence-corrected chi connectivity index (χ0v) is 15.8. The molecule has 5 heteroatoms. The van der Waals surface area contributed by atoms with Crippen LogP contribution in [0, 0.1) is 32.1 Å². The third kappa shape index (κ3) is 3.14. The molecule has 2 heterocycles. The Kier molecular flexibility index (Phi) is 4.82. The van der Waals surface area contributed by atoms with Crippen molar-refractivity contribution >= 4 is 23.4 Å². The first kappa shape index (κ1) is 17.5. The van der Waals surface area contributed by atoms with Gasteiger partial charge in [0.05, 0.1) is 11.3 Å². The molecule has 0 aliphatic carbocycles. The van der Waals surface area contributed by atoms with Crippen LogP contribution in [0.3, 0.4) is 0 Å². The molecule has 0 bridgehead atoms. The highest BCUT2D eigenvalue weighted by Crippen LogP contribution is 2.33. The number of rotatable bonds is 3. The standard InChI is InChI=1S/C20H21N3OS/c1-12-9-16-7-5-6-8-18(16)23(12)19(24)11-25-20-17(10-21)14(3)13(2)15(4)22-20/h5-8,12H,9,11H2,1-4H3. The van der Waals surface area contributed by atoms with Gasteiger partial charge >= 0.3 is 0 Å². The van der Waals surface area contributed by atoms with Crippen LogP contribution in [0.25, 0.3) is 0 Å². The van der Waals surface area contributed by atoms with E-state index in [0.717, 1.165) is 28.9 Å². The van der Waals surface area contributed by atoms with E-state index in [-0.39, 0.29) is 17.7 Å². The van der Waals surface area contributed by atoms with Crippen LogP contribution in [0.15, 0.2) is 29.3 Å². The van der Waals surface area contributed by atoms with Crippen molar-refractivity contribution in [3.63, 3.8) is 0 Å². The Morgan fingerprint density at radius 1 is 1.32 bits per heavy atom. The van der Waals surface area contributed by atoms with E-state index in [1.54, 1.807) is 0 Å². The molecule has 1 aliphatic rings. The van der Waals surface area contributed by atoms with Crippen molar-refractivity contribution in [3.8, 4) is 6.07 Å². The third-order valence-electron chi connectivity index (χ3n) is 4.88. The van der Waals surface area contributed by atoms with Crippen LogP contribution in [0.5, 0.6) is 0 Å². The number of carbonyl (C=O) groups is 1. The van der Waals surface area contributed by atoms with E-state index in [9.17, 15) is 10.1 Å². The predicted octanol–water partition coefficient (Wildman–Crippen LogP) is 3.95. The molecule has 25 heavy (non-hydrogen) atoms. The van der Waals surface area contributed by atoms with Gasteiger partial charge in [-0.2, -0.15) is 5.26 Å². The monoisotopic (exact) mass is 351 g/mol. The van der Waals surface area contributed by atoms with Crippen molar-refractivity contribution in [2.45, 2.75) is 45.2 Å². The molecule has 1 atom stereocenters. The van der Waals surface area contributed by atoms with Crippen LogP contribution in [0.4, 0.5) is 5.69 Å². The van der Waals surface area contributed by atoms with Gasteiger partial charge in [0.2, 0.25) is 5.91 Å². The number of hydrogen-bond acceptors (Lipinski definition) is 4. The highest BCUT2D eigenvalue weighted by molar-refractivity contribution is 8.00. The second-order valence-corrected chi connectivity index (χ2v) is 7.44. The molecule has 0 spiro atoms. The molecule has 128 valence electrons. The van der Waals surface area contributed by atoms with Crippen LogP contribution in [-0.4, -0.2) is 22.7 Å².